The van der Waals surface area contributed by atoms with E-state index in [1.54, 1.807) is 7.11 Å². The first kappa shape index (κ1) is 17.8. The van der Waals surface area contributed by atoms with Crippen LogP contribution in [0, 0.1) is 11.8 Å². The van der Waals surface area contributed by atoms with Gasteiger partial charge >= 0.3 is 0 Å². The van der Waals surface area contributed by atoms with Crippen molar-refractivity contribution < 1.29 is 9.53 Å². The first-order valence-corrected chi connectivity index (χ1v) is 7.85. The predicted molar refractivity (Wildman–Crippen MR) is 87.8 cm³/mol. The van der Waals surface area contributed by atoms with E-state index in [0.717, 1.165) is 24.4 Å². The van der Waals surface area contributed by atoms with Crippen molar-refractivity contribution in [3.63, 3.8) is 0 Å². The Balaban J connectivity index is 2.84. The smallest absolute Gasteiger partial charge is 0.245 e. The molecule has 0 bridgehead atoms. The lowest BCUT2D eigenvalue weighted by Gasteiger charge is -2.28. The lowest BCUT2D eigenvalue weighted by Crippen LogP contribution is -2.38. The monoisotopic (exact) mass is 311 g/mol. The summed E-state index contributed by atoms with van der Waals surface area (Å²) in [4.78, 5) is 14.5. The number of rotatable bonds is 7. The van der Waals surface area contributed by atoms with Crippen molar-refractivity contribution in [1.82, 2.24) is 4.90 Å². The Morgan fingerprint density at radius 1 is 1.10 bits per heavy atom. The fraction of sp³-hybridized carbons (Fsp3) is 0.588. The van der Waals surface area contributed by atoms with Crippen molar-refractivity contribution in [1.29, 1.82) is 0 Å². The number of ether oxygens (including phenoxy) is 1. The second-order valence-electron chi connectivity index (χ2n) is 6.17. The number of amides is 1. The molecule has 1 amide bonds. The average Bonchev–Trinajstić information content (AvgIpc) is 2.44. The molecule has 1 atom stereocenters. The molecule has 0 saturated heterocycles. The number of hydrogen-bond donors (Lipinski definition) is 0. The number of nitrogens with zero attached hydrogens (tertiary/aromatic N) is 1. The molecule has 0 N–H and O–H groups in total. The van der Waals surface area contributed by atoms with Crippen LogP contribution in [0.4, 0.5) is 0 Å². The molecule has 118 valence electrons. The molecule has 3 nitrogen and oxygen atoms in total. The molecule has 21 heavy (non-hydrogen) atoms. The Labute approximate surface area is 133 Å². The number of carbonyl (C=O) groups is 1. The second-order valence-corrected chi connectivity index (χ2v) is 6.60. The number of carbonyl (C=O) groups excluding carboxylic acids is 1. The Bertz CT molecular complexity index is 433. The minimum Gasteiger partial charge on any atom is -0.497 e. The maximum absolute atomic E-state index is 12.6. The van der Waals surface area contributed by atoms with Crippen molar-refractivity contribution in [2.75, 3.05) is 20.2 Å². The number of alkyl halides is 1. The van der Waals surface area contributed by atoms with Gasteiger partial charge in [-0.15, -0.1) is 11.6 Å². The van der Waals surface area contributed by atoms with Gasteiger partial charge in [-0.3, -0.25) is 4.79 Å². The largest absolute Gasteiger partial charge is 0.497 e. The lowest BCUT2D eigenvalue weighted by atomic mass is 10.1. The zero-order valence-electron chi connectivity index (χ0n) is 13.6. The SMILES string of the molecule is COc1ccc(C(Cl)C(=O)N(CC(C)C)CC(C)C)cc1. The molecule has 0 aliphatic carbocycles. The average molecular weight is 312 g/mol. The van der Waals surface area contributed by atoms with Crippen molar-refractivity contribution in [2.45, 2.75) is 33.1 Å². The van der Waals surface area contributed by atoms with Gasteiger partial charge in [-0.1, -0.05) is 39.8 Å². The number of benzene rings is 1. The van der Waals surface area contributed by atoms with E-state index in [1.807, 2.05) is 29.2 Å². The summed E-state index contributed by atoms with van der Waals surface area (Å²) in [5.74, 6) is 1.58. The van der Waals surface area contributed by atoms with E-state index in [2.05, 4.69) is 27.7 Å². The van der Waals surface area contributed by atoms with Crippen LogP contribution in [0.5, 0.6) is 5.75 Å². The summed E-state index contributed by atoms with van der Waals surface area (Å²) in [5, 5.41) is -0.645. The second kappa shape index (κ2) is 8.28. The maximum atomic E-state index is 12.6. The van der Waals surface area contributed by atoms with Crippen LogP contribution in [0.15, 0.2) is 24.3 Å². The third kappa shape index (κ3) is 5.58. The molecule has 0 aromatic heterocycles. The van der Waals surface area contributed by atoms with Crippen molar-refractivity contribution in [2.24, 2.45) is 11.8 Å². The van der Waals surface area contributed by atoms with Gasteiger partial charge in [0.2, 0.25) is 5.91 Å². The van der Waals surface area contributed by atoms with Crippen LogP contribution < -0.4 is 4.74 Å². The summed E-state index contributed by atoms with van der Waals surface area (Å²) in [6.45, 7) is 9.90. The van der Waals surface area contributed by atoms with Crippen LogP contribution in [-0.2, 0) is 4.79 Å². The van der Waals surface area contributed by atoms with E-state index in [-0.39, 0.29) is 5.91 Å². The molecule has 1 unspecified atom stereocenters. The summed E-state index contributed by atoms with van der Waals surface area (Å²) in [7, 11) is 1.62. The molecular weight excluding hydrogens is 286 g/mol. The zero-order valence-corrected chi connectivity index (χ0v) is 14.4. The molecule has 4 heteroatoms. The topological polar surface area (TPSA) is 29.5 Å². The van der Waals surface area contributed by atoms with Crippen molar-refractivity contribution >= 4 is 17.5 Å². The third-order valence-corrected chi connectivity index (χ3v) is 3.55. The highest BCUT2D eigenvalue weighted by atomic mass is 35.5. The van der Waals surface area contributed by atoms with E-state index in [4.69, 9.17) is 16.3 Å². The molecule has 0 radical (unpaired) electrons. The maximum Gasteiger partial charge on any atom is 0.245 e. The molecule has 0 saturated carbocycles. The number of methoxy groups -OCH3 is 1. The van der Waals surface area contributed by atoms with Gasteiger partial charge in [0.1, 0.15) is 11.1 Å². The minimum absolute atomic E-state index is 0.0239. The molecule has 0 fully saturated rings. The van der Waals surface area contributed by atoms with Crippen molar-refractivity contribution in [3.8, 4) is 5.75 Å². The van der Waals surface area contributed by atoms with Crippen LogP contribution in [0.2, 0.25) is 0 Å². The van der Waals surface area contributed by atoms with Crippen LogP contribution in [0.3, 0.4) is 0 Å². The molecule has 1 aromatic rings. The first-order valence-electron chi connectivity index (χ1n) is 7.42. The summed E-state index contributed by atoms with van der Waals surface area (Å²) in [6.07, 6.45) is 0. The molecule has 1 rings (SSSR count). The van der Waals surface area contributed by atoms with Gasteiger partial charge in [-0.05, 0) is 29.5 Å². The number of halogens is 1. The molecule has 0 aliphatic heterocycles. The van der Waals surface area contributed by atoms with Gasteiger partial charge in [0, 0.05) is 13.1 Å². The van der Waals surface area contributed by atoms with Crippen LogP contribution in [-0.4, -0.2) is 31.0 Å². The summed E-state index contributed by atoms with van der Waals surface area (Å²) in [5.41, 5.74) is 0.806. The van der Waals surface area contributed by atoms with Gasteiger partial charge in [-0.2, -0.15) is 0 Å². The van der Waals surface area contributed by atoms with Crippen molar-refractivity contribution in [3.05, 3.63) is 29.8 Å². The standard InChI is InChI=1S/C17H26ClNO2/c1-12(2)10-19(11-13(3)4)17(20)16(18)14-6-8-15(21-5)9-7-14/h6-9,12-13,16H,10-11H2,1-5H3. The zero-order chi connectivity index (χ0) is 16.0. The Morgan fingerprint density at radius 2 is 1.57 bits per heavy atom. The fourth-order valence-corrected chi connectivity index (χ4v) is 2.50. The van der Waals surface area contributed by atoms with E-state index in [9.17, 15) is 4.79 Å². The Hall–Kier alpha value is -1.22. The third-order valence-electron chi connectivity index (χ3n) is 3.11. The quantitative estimate of drug-likeness (QED) is 0.709. The van der Waals surface area contributed by atoms with Gasteiger partial charge < -0.3 is 9.64 Å². The Morgan fingerprint density at radius 3 is 1.95 bits per heavy atom. The summed E-state index contributed by atoms with van der Waals surface area (Å²) >= 11 is 6.38. The summed E-state index contributed by atoms with van der Waals surface area (Å²) < 4.78 is 5.12. The van der Waals surface area contributed by atoms with Crippen LogP contribution in [0.1, 0.15) is 38.6 Å². The molecule has 0 heterocycles. The molecule has 0 spiro atoms. The van der Waals surface area contributed by atoms with Gasteiger partial charge in [0.15, 0.2) is 0 Å². The highest BCUT2D eigenvalue weighted by Gasteiger charge is 2.25. The lowest BCUT2D eigenvalue weighted by molar-refractivity contribution is -0.132. The van der Waals surface area contributed by atoms with E-state index in [0.29, 0.717) is 11.8 Å². The van der Waals surface area contributed by atoms with Gasteiger partial charge in [-0.25, -0.2) is 0 Å². The highest BCUT2D eigenvalue weighted by molar-refractivity contribution is 6.30. The minimum atomic E-state index is -0.645. The van der Waals surface area contributed by atoms with Crippen LogP contribution in [0.25, 0.3) is 0 Å². The van der Waals surface area contributed by atoms with E-state index in [1.165, 1.54) is 0 Å². The van der Waals surface area contributed by atoms with E-state index >= 15 is 0 Å². The number of hydrogen-bond acceptors (Lipinski definition) is 2. The fourth-order valence-electron chi connectivity index (χ4n) is 2.21. The van der Waals surface area contributed by atoms with E-state index < -0.39 is 5.38 Å². The summed E-state index contributed by atoms with van der Waals surface area (Å²) in [6, 6.07) is 7.34. The Kier molecular flexibility index (Phi) is 7.03. The van der Waals surface area contributed by atoms with Gasteiger partial charge in [0.25, 0.3) is 0 Å². The molecule has 0 aliphatic rings. The molecule has 1 aromatic carbocycles. The normalized spacial score (nSPS) is 12.6. The molecular formula is C17H26ClNO2. The predicted octanol–water partition coefficient (Wildman–Crippen LogP) is 4.12. The van der Waals surface area contributed by atoms with Gasteiger partial charge in [0.05, 0.1) is 7.11 Å². The highest BCUT2D eigenvalue weighted by Crippen LogP contribution is 2.25. The van der Waals surface area contributed by atoms with Crippen LogP contribution >= 0.6 is 11.6 Å². The first-order chi connectivity index (χ1) is 9.85.